The molecule has 1 N–H and O–H groups in total. The molecule has 0 saturated carbocycles. The quantitative estimate of drug-likeness (QED) is 0.699. The number of carboxylic acid groups (broad SMARTS) is 1. The second kappa shape index (κ2) is 6.97. The van der Waals surface area contributed by atoms with E-state index in [0.29, 0.717) is 10.7 Å². The molecule has 1 amide bonds. The molecule has 0 unspecified atom stereocenters. The third-order valence-electron chi connectivity index (χ3n) is 3.68. The molecule has 25 heavy (non-hydrogen) atoms. The minimum atomic E-state index is -1.18. The van der Waals surface area contributed by atoms with Gasteiger partial charge in [0, 0.05) is 29.6 Å². The van der Waals surface area contributed by atoms with E-state index < -0.39 is 6.09 Å². The van der Waals surface area contributed by atoms with E-state index in [1.165, 1.54) is 12.4 Å². The van der Waals surface area contributed by atoms with Gasteiger partial charge in [0.05, 0.1) is 5.52 Å². The Balaban J connectivity index is 1.94. The maximum atomic E-state index is 11.6. The van der Waals surface area contributed by atoms with Gasteiger partial charge in [-0.2, -0.15) is 5.26 Å². The van der Waals surface area contributed by atoms with Crippen molar-refractivity contribution in [2.45, 2.75) is 6.54 Å². The van der Waals surface area contributed by atoms with Gasteiger partial charge in [-0.25, -0.2) is 14.8 Å². The molecule has 0 aliphatic rings. The topological polar surface area (TPSA) is 95.0 Å². The molecule has 0 atom stereocenters. The maximum Gasteiger partial charge on any atom is 0.413 e. The van der Waals surface area contributed by atoms with Crippen LogP contribution in [0, 0.1) is 11.3 Å². The lowest BCUT2D eigenvalue weighted by molar-refractivity contribution is 0.201. The molecule has 126 valence electrons. The first kappa shape index (κ1) is 17.0. The van der Waals surface area contributed by atoms with Crippen molar-refractivity contribution < 1.29 is 9.90 Å². The lowest BCUT2D eigenvalue weighted by Gasteiger charge is -2.19. The minimum Gasteiger partial charge on any atom is -0.465 e. The molecule has 0 radical (unpaired) electrons. The van der Waals surface area contributed by atoms with Crippen LogP contribution in [0.3, 0.4) is 0 Å². The predicted octanol–water partition coefficient (Wildman–Crippen LogP) is 3.79. The Morgan fingerprint density at radius 3 is 2.80 bits per heavy atom. The van der Waals surface area contributed by atoms with Crippen LogP contribution in [0.25, 0.3) is 10.9 Å². The van der Waals surface area contributed by atoms with Crippen LogP contribution in [0.2, 0.25) is 10.2 Å². The summed E-state index contributed by atoms with van der Waals surface area (Å²) in [5, 5.41) is 20.2. The normalized spacial score (nSPS) is 10.6. The molecule has 7 nitrogen and oxygen atoms in total. The van der Waals surface area contributed by atoms with Crippen LogP contribution in [0.1, 0.15) is 5.69 Å². The molecule has 0 fully saturated rings. The van der Waals surface area contributed by atoms with E-state index in [4.69, 9.17) is 23.2 Å². The Labute approximate surface area is 152 Å². The van der Waals surface area contributed by atoms with Crippen LogP contribution in [0.5, 0.6) is 0 Å². The number of rotatable bonds is 4. The molecule has 0 bridgehead atoms. The summed E-state index contributed by atoms with van der Waals surface area (Å²) in [5.41, 5.74) is 1.16. The van der Waals surface area contributed by atoms with Gasteiger partial charge in [-0.15, -0.1) is 0 Å². The first-order valence-corrected chi connectivity index (χ1v) is 7.92. The van der Waals surface area contributed by atoms with E-state index >= 15 is 0 Å². The summed E-state index contributed by atoms with van der Waals surface area (Å²) in [6.45, 7) is 0.328. The first-order chi connectivity index (χ1) is 12.0. The Bertz CT molecular complexity index is 996. The standard InChI is InChI=1S/C16H11Cl2N5O2/c17-12-2-1-3-13-11(12)6-10(8-19)22(13)4-5-23(16(24)25)15-7-14(18)20-9-21-15/h1-3,6-7,9H,4-5H2,(H,24,25). The van der Waals surface area contributed by atoms with Crippen LogP contribution in [0.15, 0.2) is 36.7 Å². The molecular weight excluding hydrogens is 365 g/mol. The summed E-state index contributed by atoms with van der Waals surface area (Å²) in [4.78, 5) is 20.3. The molecule has 9 heteroatoms. The van der Waals surface area contributed by atoms with Gasteiger partial charge in [0.2, 0.25) is 0 Å². The van der Waals surface area contributed by atoms with E-state index in [9.17, 15) is 15.2 Å². The molecule has 2 aromatic heterocycles. The molecule has 3 aromatic rings. The summed E-state index contributed by atoms with van der Waals surface area (Å²) in [5.74, 6) is 0.167. The fraction of sp³-hybridized carbons (Fsp3) is 0.125. The van der Waals surface area contributed by atoms with Crippen LogP contribution in [0.4, 0.5) is 10.6 Å². The van der Waals surface area contributed by atoms with E-state index in [-0.39, 0.29) is 24.1 Å². The fourth-order valence-electron chi connectivity index (χ4n) is 2.56. The highest BCUT2D eigenvalue weighted by atomic mass is 35.5. The maximum absolute atomic E-state index is 11.6. The number of amides is 1. The summed E-state index contributed by atoms with van der Waals surface area (Å²) in [7, 11) is 0. The minimum absolute atomic E-state index is 0.0770. The van der Waals surface area contributed by atoms with Gasteiger partial charge < -0.3 is 9.67 Å². The highest BCUT2D eigenvalue weighted by Crippen LogP contribution is 2.27. The molecule has 0 spiro atoms. The third-order valence-corrected chi connectivity index (χ3v) is 4.22. The third kappa shape index (κ3) is 3.36. The summed E-state index contributed by atoms with van der Waals surface area (Å²) < 4.78 is 1.72. The number of hydrogen-bond acceptors (Lipinski definition) is 4. The highest BCUT2D eigenvalue weighted by molar-refractivity contribution is 6.35. The average molecular weight is 376 g/mol. The van der Waals surface area contributed by atoms with Crippen molar-refractivity contribution in [3.63, 3.8) is 0 Å². The molecular formula is C16H11Cl2N5O2. The lowest BCUT2D eigenvalue weighted by Crippen LogP contribution is -2.33. The summed E-state index contributed by atoms with van der Waals surface area (Å²) in [6, 6.07) is 10.5. The zero-order valence-corrected chi connectivity index (χ0v) is 14.2. The number of aromatic nitrogens is 3. The largest absolute Gasteiger partial charge is 0.465 e. The number of benzene rings is 1. The predicted molar refractivity (Wildman–Crippen MR) is 94.1 cm³/mol. The molecule has 1 aromatic carbocycles. The van der Waals surface area contributed by atoms with Crippen molar-refractivity contribution in [2.24, 2.45) is 0 Å². The fourth-order valence-corrected chi connectivity index (χ4v) is 2.93. The van der Waals surface area contributed by atoms with Gasteiger partial charge in [-0.3, -0.25) is 4.90 Å². The molecule has 3 rings (SSSR count). The number of halogens is 2. The van der Waals surface area contributed by atoms with Crippen LogP contribution in [-0.4, -0.2) is 32.3 Å². The second-order valence-electron chi connectivity index (χ2n) is 5.10. The number of fused-ring (bicyclic) bond motifs is 1. The lowest BCUT2D eigenvalue weighted by atomic mass is 10.2. The molecule has 0 aliphatic heterocycles. The van der Waals surface area contributed by atoms with Crippen LogP contribution >= 0.6 is 23.2 Å². The Kier molecular flexibility index (Phi) is 4.74. The Hall–Kier alpha value is -2.82. The Morgan fingerprint density at radius 2 is 2.12 bits per heavy atom. The van der Waals surface area contributed by atoms with Gasteiger partial charge in [0.25, 0.3) is 0 Å². The molecule has 0 aliphatic carbocycles. The molecule has 0 saturated heterocycles. The van der Waals surface area contributed by atoms with E-state index in [1.54, 1.807) is 22.8 Å². The van der Waals surface area contributed by atoms with E-state index in [0.717, 1.165) is 15.8 Å². The highest BCUT2D eigenvalue weighted by Gasteiger charge is 2.18. The number of nitriles is 1. The monoisotopic (exact) mass is 375 g/mol. The van der Waals surface area contributed by atoms with Crippen LogP contribution in [-0.2, 0) is 6.54 Å². The van der Waals surface area contributed by atoms with Gasteiger partial charge in [0.1, 0.15) is 29.1 Å². The zero-order valence-electron chi connectivity index (χ0n) is 12.7. The van der Waals surface area contributed by atoms with Gasteiger partial charge in [-0.05, 0) is 18.2 Å². The average Bonchev–Trinajstić information content (AvgIpc) is 2.94. The van der Waals surface area contributed by atoms with Crippen LogP contribution < -0.4 is 4.90 Å². The van der Waals surface area contributed by atoms with E-state index in [2.05, 4.69) is 16.0 Å². The van der Waals surface area contributed by atoms with Gasteiger partial charge in [-0.1, -0.05) is 29.3 Å². The first-order valence-electron chi connectivity index (χ1n) is 7.17. The van der Waals surface area contributed by atoms with Crippen molar-refractivity contribution >= 4 is 46.0 Å². The van der Waals surface area contributed by atoms with Gasteiger partial charge >= 0.3 is 6.09 Å². The molecule has 2 heterocycles. The SMILES string of the molecule is N#Cc1cc2c(Cl)cccc2n1CCN(C(=O)O)c1cc(Cl)ncn1. The summed E-state index contributed by atoms with van der Waals surface area (Å²) in [6.07, 6.45) is 0.0156. The van der Waals surface area contributed by atoms with Crippen molar-refractivity contribution in [1.82, 2.24) is 14.5 Å². The number of hydrogen-bond donors (Lipinski definition) is 1. The van der Waals surface area contributed by atoms with Crippen molar-refractivity contribution in [3.8, 4) is 6.07 Å². The van der Waals surface area contributed by atoms with Crippen molar-refractivity contribution in [2.75, 3.05) is 11.4 Å². The number of carbonyl (C=O) groups is 1. The zero-order chi connectivity index (χ0) is 18.0. The summed E-state index contributed by atoms with van der Waals surface area (Å²) >= 11 is 12.0. The number of anilines is 1. The van der Waals surface area contributed by atoms with Gasteiger partial charge in [0.15, 0.2) is 0 Å². The number of nitrogens with zero attached hydrogens (tertiary/aromatic N) is 5. The van der Waals surface area contributed by atoms with Crippen molar-refractivity contribution in [1.29, 1.82) is 5.26 Å². The Morgan fingerprint density at radius 1 is 1.32 bits per heavy atom. The second-order valence-corrected chi connectivity index (χ2v) is 5.89. The smallest absolute Gasteiger partial charge is 0.413 e. The van der Waals surface area contributed by atoms with Crippen molar-refractivity contribution in [3.05, 3.63) is 52.5 Å². The van der Waals surface area contributed by atoms with E-state index in [1.807, 2.05) is 6.07 Å².